The van der Waals surface area contributed by atoms with Gasteiger partial charge in [-0.2, -0.15) is 11.8 Å². The Labute approximate surface area is 65.6 Å². The molecule has 1 saturated heterocycles. The van der Waals surface area contributed by atoms with Crippen molar-refractivity contribution in [2.24, 2.45) is 11.8 Å². The molecule has 0 aromatic rings. The number of hydrogen-bond donors (Lipinski definition) is 2. The Kier molecular flexibility index (Phi) is 3.52. The fourth-order valence-electron chi connectivity index (χ4n) is 1.28. The third-order valence-corrected chi connectivity index (χ3v) is 3.29. The first-order chi connectivity index (χ1) is 4.88. The van der Waals surface area contributed by atoms with Crippen LogP contribution in [0.15, 0.2) is 0 Å². The van der Waals surface area contributed by atoms with Crippen molar-refractivity contribution < 1.29 is 10.2 Å². The molecule has 60 valence electrons. The third-order valence-electron chi connectivity index (χ3n) is 2.10. The van der Waals surface area contributed by atoms with Crippen LogP contribution in [0.5, 0.6) is 0 Å². The van der Waals surface area contributed by atoms with Crippen LogP contribution in [0.3, 0.4) is 0 Å². The Morgan fingerprint density at radius 1 is 1.40 bits per heavy atom. The van der Waals surface area contributed by atoms with E-state index in [0.29, 0.717) is 5.92 Å². The fourth-order valence-corrected chi connectivity index (χ4v) is 2.66. The van der Waals surface area contributed by atoms with E-state index in [2.05, 4.69) is 0 Å². The van der Waals surface area contributed by atoms with E-state index in [1.807, 2.05) is 11.8 Å². The number of rotatable bonds is 3. The van der Waals surface area contributed by atoms with Crippen LogP contribution in [0.25, 0.3) is 0 Å². The number of thioether (sulfide) groups is 1. The summed E-state index contributed by atoms with van der Waals surface area (Å²) in [5.74, 6) is 3.00. The van der Waals surface area contributed by atoms with E-state index in [9.17, 15) is 0 Å². The summed E-state index contributed by atoms with van der Waals surface area (Å²) in [6, 6.07) is 0. The van der Waals surface area contributed by atoms with Gasteiger partial charge in [0.2, 0.25) is 0 Å². The van der Waals surface area contributed by atoms with E-state index in [-0.39, 0.29) is 19.1 Å². The molecule has 0 aromatic carbocycles. The second-order valence-electron chi connectivity index (χ2n) is 2.75. The highest BCUT2D eigenvalue weighted by molar-refractivity contribution is 7.99. The van der Waals surface area contributed by atoms with Crippen LogP contribution in [0, 0.1) is 11.8 Å². The van der Waals surface area contributed by atoms with Crippen LogP contribution >= 0.6 is 11.8 Å². The molecule has 0 aromatic heterocycles. The van der Waals surface area contributed by atoms with Gasteiger partial charge in [-0.3, -0.25) is 0 Å². The van der Waals surface area contributed by atoms with Crippen LogP contribution in [0.4, 0.5) is 0 Å². The molecule has 1 unspecified atom stereocenters. The Morgan fingerprint density at radius 3 is 2.50 bits per heavy atom. The summed E-state index contributed by atoms with van der Waals surface area (Å²) in [6.45, 7) is 0.281. The lowest BCUT2D eigenvalue weighted by Crippen LogP contribution is -2.21. The average molecular weight is 162 g/mol. The van der Waals surface area contributed by atoms with E-state index in [1.54, 1.807) is 0 Å². The lowest BCUT2D eigenvalue weighted by molar-refractivity contribution is 0.115. The van der Waals surface area contributed by atoms with E-state index in [4.69, 9.17) is 10.2 Å². The maximum Gasteiger partial charge on any atom is 0.0484 e. The first-order valence-electron chi connectivity index (χ1n) is 3.68. The Balaban J connectivity index is 2.29. The molecule has 1 heterocycles. The van der Waals surface area contributed by atoms with Crippen LogP contribution in [0.1, 0.15) is 6.42 Å². The van der Waals surface area contributed by atoms with Gasteiger partial charge in [0.15, 0.2) is 0 Å². The lowest BCUT2D eigenvalue weighted by atomic mass is 9.93. The maximum atomic E-state index is 8.82. The number of hydrogen-bond acceptors (Lipinski definition) is 3. The van der Waals surface area contributed by atoms with Crippen molar-refractivity contribution in [1.82, 2.24) is 0 Å². The van der Waals surface area contributed by atoms with E-state index < -0.39 is 0 Å². The molecule has 1 atom stereocenters. The molecule has 1 fully saturated rings. The summed E-state index contributed by atoms with van der Waals surface area (Å²) in [7, 11) is 0. The van der Waals surface area contributed by atoms with Crippen molar-refractivity contribution in [1.29, 1.82) is 0 Å². The third kappa shape index (κ3) is 1.87. The van der Waals surface area contributed by atoms with Crippen LogP contribution < -0.4 is 0 Å². The predicted molar refractivity (Wildman–Crippen MR) is 43.1 cm³/mol. The molecule has 2 nitrogen and oxygen atoms in total. The van der Waals surface area contributed by atoms with Crippen molar-refractivity contribution in [3.8, 4) is 0 Å². The highest BCUT2D eigenvalue weighted by Crippen LogP contribution is 2.29. The summed E-state index contributed by atoms with van der Waals surface area (Å²) < 4.78 is 0. The summed E-state index contributed by atoms with van der Waals surface area (Å²) >= 11 is 1.92. The molecule has 0 radical (unpaired) electrons. The molecule has 10 heavy (non-hydrogen) atoms. The van der Waals surface area contributed by atoms with Gasteiger partial charge in [-0.15, -0.1) is 0 Å². The van der Waals surface area contributed by atoms with Crippen molar-refractivity contribution in [2.75, 3.05) is 24.7 Å². The van der Waals surface area contributed by atoms with Crippen LogP contribution in [-0.4, -0.2) is 34.9 Å². The molecular weight excluding hydrogens is 148 g/mol. The molecule has 1 rings (SSSR count). The standard InChI is InChI=1S/C7H14O2S/c8-3-7(4-9)6-1-2-10-5-6/h6-9H,1-5H2. The van der Waals surface area contributed by atoms with Gasteiger partial charge in [0.1, 0.15) is 0 Å². The largest absolute Gasteiger partial charge is 0.396 e. The summed E-state index contributed by atoms with van der Waals surface area (Å²) in [5, 5.41) is 17.6. The zero-order valence-corrected chi connectivity index (χ0v) is 6.81. The minimum Gasteiger partial charge on any atom is -0.396 e. The smallest absolute Gasteiger partial charge is 0.0484 e. The monoisotopic (exact) mass is 162 g/mol. The molecule has 0 bridgehead atoms. The normalized spacial score (nSPS) is 26.1. The molecule has 1 aliphatic rings. The Bertz CT molecular complexity index is 87.6. The van der Waals surface area contributed by atoms with Gasteiger partial charge in [-0.05, 0) is 23.8 Å². The van der Waals surface area contributed by atoms with Gasteiger partial charge in [0.05, 0.1) is 0 Å². The molecule has 0 aliphatic carbocycles. The zero-order chi connectivity index (χ0) is 7.40. The lowest BCUT2D eigenvalue weighted by Gasteiger charge is -2.16. The molecule has 0 spiro atoms. The summed E-state index contributed by atoms with van der Waals surface area (Å²) in [6.07, 6.45) is 1.16. The maximum absolute atomic E-state index is 8.82. The zero-order valence-electron chi connectivity index (χ0n) is 5.99. The summed E-state index contributed by atoms with van der Waals surface area (Å²) in [4.78, 5) is 0. The second-order valence-corrected chi connectivity index (χ2v) is 3.90. The van der Waals surface area contributed by atoms with Crippen molar-refractivity contribution in [3.63, 3.8) is 0 Å². The first kappa shape index (κ1) is 8.37. The van der Waals surface area contributed by atoms with E-state index in [0.717, 1.165) is 12.2 Å². The minimum atomic E-state index is 0.134. The Hall–Kier alpha value is 0.270. The molecule has 3 heteroatoms. The van der Waals surface area contributed by atoms with Crippen molar-refractivity contribution in [3.05, 3.63) is 0 Å². The van der Waals surface area contributed by atoms with Gasteiger partial charge >= 0.3 is 0 Å². The molecule has 1 aliphatic heterocycles. The Morgan fingerprint density at radius 2 is 2.10 bits per heavy atom. The number of aliphatic hydroxyl groups is 2. The summed E-state index contributed by atoms with van der Waals surface area (Å²) in [5.41, 5.74) is 0. The predicted octanol–water partition coefficient (Wildman–Crippen LogP) is 0.340. The van der Waals surface area contributed by atoms with E-state index in [1.165, 1.54) is 5.75 Å². The van der Waals surface area contributed by atoms with E-state index >= 15 is 0 Å². The van der Waals surface area contributed by atoms with Crippen molar-refractivity contribution >= 4 is 11.8 Å². The molecule has 2 N–H and O–H groups in total. The number of aliphatic hydroxyl groups excluding tert-OH is 2. The average Bonchev–Trinajstić information content (AvgIpc) is 2.43. The fraction of sp³-hybridized carbons (Fsp3) is 1.00. The van der Waals surface area contributed by atoms with Crippen LogP contribution in [0.2, 0.25) is 0 Å². The van der Waals surface area contributed by atoms with Crippen LogP contribution in [-0.2, 0) is 0 Å². The molecule has 0 amide bonds. The van der Waals surface area contributed by atoms with Gasteiger partial charge in [0, 0.05) is 19.1 Å². The highest BCUT2D eigenvalue weighted by Gasteiger charge is 2.23. The van der Waals surface area contributed by atoms with Gasteiger partial charge in [-0.1, -0.05) is 0 Å². The van der Waals surface area contributed by atoms with Gasteiger partial charge < -0.3 is 10.2 Å². The van der Waals surface area contributed by atoms with Gasteiger partial charge in [0.25, 0.3) is 0 Å². The highest BCUT2D eigenvalue weighted by atomic mass is 32.2. The molecular formula is C7H14O2S. The van der Waals surface area contributed by atoms with Crippen molar-refractivity contribution in [2.45, 2.75) is 6.42 Å². The SMILES string of the molecule is OCC(CO)C1CCSC1. The van der Waals surface area contributed by atoms with Gasteiger partial charge in [-0.25, -0.2) is 0 Å². The topological polar surface area (TPSA) is 40.5 Å². The minimum absolute atomic E-state index is 0.134. The first-order valence-corrected chi connectivity index (χ1v) is 4.83. The second kappa shape index (κ2) is 4.21. The molecule has 0 saturated carbocycles. The quantitative estimate of drug-likeness (QED) is 0.628.